The zero-order valence-corrected chi connectivity index (χ0v) is 15.9. The molecule has 0 aliphatic carbocycles. The maximum absolute atomic E-state index is 12.8. The number of nitrogens with one attached hydrogen (secondary N) is 1. The molecule has 7 nitrogen and oxygen atoms in total. The number of rotatable bonds is 4. The molecular formula is C20H24N4O3. The number of anilines is 1. The number of benzene rings is 1. The molecule has 2 aromatic rings. The first-order valence-electron chi connectivity index (χ1n) is 8.91. The Kier molecular flexibility index (Phi) is 5.59. The fourth-order valence-electron chi connectivity index (χ4n) is 3.22. The fraction of sp³-hybridized carbons (Fsp3) is 0.350. The van der Waals surface area contributed by atoms with E-state index in [-0.39, 0.29) is 11.8 Å². The van der Waals surface area contributed by atoms with Crippen LogP contribution in [-0.2, 0) is 0 Å². The van der Waals surface area contributed by atoms with Gasteiger partial charge in [-0.3, -0.25) is 9.59 Å². The predicted molar refractivity (Wildman–Crippen MR) is 103 cm³/mol. The van der Waals surface area contributed by atoms with Gasteiger partial charge in [0.15, 0.2) is 0 Å². The fourth-order valence-corrected chi connectivity index (χ4v) is 3.22. The Hall–Kier alpha value is -3.09. The molecular weight excluding hydrogens is 344 g/mol. The van der Waals surface area contributed by atoms with Gasteiger partial charge in [0.05, 0.1) is 12.7 Å². The van der Waals surface area contributed by atoms with Gasteiger partial charge in [0.25, 0.3) is 11.8 Å². The van der Waals surface area contributed by atoms with Crippen molar-refractivity contribution in [3.63, 3.8) is 0 Å². The smallest absolute Gasteiger partial charge is 0.254 e. The molecule has 1 aliphatic heterocycles. The molecule has 0 spiro atoms. The molecule has 2 amide bonds. The number of pyridine rings is 1. The van der Waals surface area contributed by atoms with Crippen molar-refractivity contribution >= 4 is 17.6 Å². The molecule has 27 heavy (non-hydrogen) atoms. The van der Waals surface area contributed by atoms with E-state index in [1.54, 1.807) is 38.6 Å². The van der Waals surface area contributed by atoms with E-state index in [4.69, 9.17) is 4.74 Å². The van der Waals surface area contributed by atoms with E-state index in [2.05, 4.69) is 10.3 Å². The molecule has 142 valence electrons. The number of ether oxygens (including phenoxy) is 1. The molecule has 0 unspecified atom stereocenters. The van der Waals surface area contributed by atoms with E-state index in [1.807, 2.05) is 28.9 Å². The molecule has 0 bridgehead atoms. The molecule has 0 saturated carbocycles. The van der Waals surface area contributed by atoms with Crippen LogP contribution in [0.1, 0.15) is 26.3 Å². The van der Waals surface area contributed by atoms with Crippen LogP contribution in [0.25, 0.3) is 0 Å². The molecule has 2 heterocycles. The number of amides is 2. The standard InChI is InChI=1S/C20H24N4O3/c1-14-6-7-15(13-17(14)27-3)20(26)24-11-9-23(10-12-24)18-16(19(25)21-2)5-4-8-22-18/h4-8,13H,9-12H2,1-3H3,(H,21,25). The van der Waals surface area contributed by atoms with Crippen molar-refractivity contribution in [2.24, 2.45) is 0 Å². The number of carbonyl (C=O) groups is 2. The maximum Gasteiger partial charge on any atom is 0.254 e. The van der Waals surface area contributed by atoms with Gasteiger partial charge < -0.3 is 19.9 Å². The first kappa shape index (κ1) is 18.7. The number of carbonyl (C=O) groups excluding carboxylic acids is 2. The predicted octanol–water partition coefficient (Wildman–Crippen LogP) is 1.72. The van der Waals surface area contributed by atoms with Crippen molar-refractivity contribution in [3.8, 4) is 5.75 Å². The Morgan fingerprint density at radius 1 is 1.15 bits per heavy atom. The number of aromatic nitrogens is 1. The Bertz CT molecular complexity index is 845. The summed E-state index contributed by atoms with van der Waals surface area (Å²) in [5.74, 6) is 1.19. The number of hydrogen-bond acceptors (Lipinski definition) is 5. The van der Waals surface area contributed by atoms with Crippen molar-refractivity contribution in [2.45, 2.75) is 6.92 Å². The zero-order valence-electron chi connectivity index (χ0n) is 15.9. The number of piperazine rings is 1. The van der Waals surface area contributed by atoms with Gasteiger partial charge in [-0.05, 0) is 36.8 Å². The van der Waals surface area contributed by atoms with Gasteiger partial charge >= 0.3 is 0 Å². The summed E-state index contributed by atoms with van der Waals surface area (Å²) in [4.78, 5) is 33.1. The highest BCUT2D eigenvalue weighted by Crippen LogP contribution is 2.22. The van der Waals surface area contributed by atoms with Gasteiger partial charge in [-0.15, -0.1) is 0 Å². The normalized spacial score (nSPS) is 14.0. The van der Waals surface area contributed by atoms with Crippen LogP contribution in [0.5, 0.6) is 5.75 Å². The van der Waals surface area contributed by atoms with Crippen LogP contribution in [0.2, 0.25) is 0 Å². The Labute approximate surface area is 158 Å². The molecule has 7 heteroatoms. The summed E-state index contributed by atoms with van der Waals surface area (Å²) in [5.41, 5.74) is 2.16. The van der Waals surface area contributed by atoms with Crippen molar-refractivity contribution in [2.75, 3.05) is 45.2 Å². The van der Waals surface area contributed by atoms with Gasteiger partial charge in [-0.1, -0.05) is 6.07 Å². The summed E-state index contributed by atoms with van der Waals surface area (Å²) in [6.07, 6.45) is 1.68. The summed E-state index contributed by atoms with van der Waals surface area (Å²) >= 11 is 0. The molecule has 1 N–H and O–H groups in total. The van der Waals surface area contributed by atoms with Crippen LogP contribution in [0.4, 0.5) is 5.82 Å². The average molecular weight is 368 g/mol. The lowest BCUT2D eigenvalue weighted by molar-refractivity contribution is 0.0745. The lowest BCUT2D eigenvalue weighted by Crippen LogP contribution is -2.49. The average Bonchev–Trinajstić information content (AvgIpc) is 2.73. The second-order valence-electron chi connectivity index (χ2n) is 6.42. The van der Waals surface area contributed by atoms with E-state index in [1.165, 1.54) is 0 Å². The molecule has 1 aromatic carbocycles. The van der Waals surface area contributed by atoms with E-state index >= 15 is 0 Å². The molecule has 1 aromatic heterocycles. The van der Waals surface area contributed by atoms with Crippen LogP contribution in [0, 0.1) is 6.92 Å². The molecule has 0 radical (unpaired) electrons. The highest BCUT2D eigenvalue weighted by molar-refractivity contribution is 5.99. The Morgan fingerprint density at radius 3 is 2.56 bits per heavy atom. The quantitative estimate of drug-likeness (QED) is 0.889. The monoisotopic (exact) mass is 368 g/mol. The van der Waals surface area contributed by atoms with E-state index in [9.17, 15) is 9.59 Å². The maximum atomic E-state index is 12.8. The lowest BCUT2D eigenvalue weighted by atomic mass is 10.1. The Morgan fingerprint density at radius 2 is 1.89 bits per heavy atom. The van der Waals surface area contributed by atoms with Crippen molar-refractivity contribution in [3.05, 3.63) is 53.2 Å². The Balaban J connectivity index is 1.71. The number of aryl methyl sites for hydroxylation is 1. The summed E-state index contributed by atoms with van der Waals surface area (Å²) in [6.45, 7) is 4.33. The number of nitrogens with zero attached hydrogens (tertiary/aromatic N) is 3. The third kappa shape index (κ3) is 3.86. The van der Waals surface area contributed by atoms with Crippen LogP contribution in [0.15, 0.2) is 36.5 Å². The molecule has 1 saturated heterocycles. The van der Waals surface area contributed by atoms with Crippen molar-refractivity contribution in [1.29, 1.82) is 0 Å². The first-order valence-corrected chi connectivity index (χ1v) is 8.91. The first-order chi connectivity index (χ1) is 13.0. The summed E-state index contributed by atoms with van der Waals surface area (Å²) < 4.78 is 5.32. The van der Waals surface area contributed by atoms with E-state index in [0.29, 0.717) is 48.9 Å². The van der Waals surface area contributed by atoms with Crippen LogP contribution in [-0.4, -0.2) is 62.0 Å². The van der Waals surface area contributed by atoms with E-state index in [0.717, 1.165) is 5.56 Å². The topological polar surface area (TPSA) is 74.8 Å². The van der Waals surface area contributed by atoms with E-state index < -0.39 is 0 Å². The third-order valence-corrected chi connectivity index (χ3v) is 4.78. The molecule has 1 aliphatic rings. The largest absolute Gasteiger partial charge is 0.496 e. The zero-order chi connectivity index (χ0) is 19.4. The molecule has 3 rings (SSSR count). The number of methoxy groups -OCH3 is 1. The third-order valence-electron chi connectivity index (χ3n) is 4.78. The lowest BCUT2D eigenvalue weighted by Gasteiger charge is -2.36. The highest BCUT2D eigenvalue weighted by Gasteiger charge is 2.25. The second kappa shape index (κ2) is 8.07. The van der Waals surface area contributed by atoms with Gasteiger partial charge in [0.2, 0.25) is 0 Å². The number of hydrogen-bond donors (Lipinski definition) is 1. The van der Waals surface area contributed by atoms with Gasteiger partial charge in [-0.25, -0.2) is 4.98 Å². The van der Waals surface area contributed by atoms with Crippen LogP contribution in [0.3, 0.4) is 0 Å². The van der Waals surface area contributed by atoms with Crippen molar-refractivity contribution in [1.82, 2.24) is 15.2 Å². The van der Waals surface area contributed by atoms with Gasteiger partial charge in [0.1, 0.15) is 11.6 Å². The van der Waals surface area contributed by atoms with Gasteiger partial charge in [0, 0.05) is 45.0 Å². The minimum atomic E-state index is -0.164. The van der Waals surface area contributed by atoms with Crippen LogP contribution < -0.4 is 15.0 Å². The minimum absolute atomic E-state index is 0.0134. The van der Waals surface area contributed by atoms with Crippen LogP contribution >= 0.6 is 0 Å². The molecule has 0 atom stereocenters. The summed E-state index contributed by atoms with van der Waals surface area (Å²) in [5, 5.41) is 2.64. The SMILES string of the molecule is CNC(=O)c1cccnc1N1CCN(C(=O)c2ccc(C)c(OC)c2)CC1. The molecule has 1 fully saturated rings. The minimum Gasteiger partial charge on any atom is -0.496 e. The summed E-state index contributed by atoms with van der Waals surface area (Å²) in [6, 6.07) is 9.02. The second-order valence-corrected chi connectivity index (χ2v) is 6.42. The van der Waals surface area contributed by atoms with Gasteiger partial charge in [-0.2, -0.15) is 0 Å². The van der Waals surface area contributed by atoms with Crippen molar-refractivity contribution < 1.29 is 14.3 Å². The summed E-state index contributed by atoms with van der Waals surface area (Å²) in [7, 11) is 3.21. The highest BCUT2D eigenvalue weighted by atomic mass is 16.5.